The van der Waals surface area contributed by atoms with E-state index >= 15 is 0 Å². The van der Waals surface area contributed by atoms with E-state index in [1.807, 2.05) is 0 Å². The summed E-state index contributed by atoms with van der Waals surface area (Å²) in [6.07, 6.45) is 2.63. The largest absolute Gasteiger partial charge is 0.460 e. The fraction of sp³-hybridized carbons (Fsp3) is 0.700. The van der Waals surface area contributed by atoms with Crippen molar-refractivity contribution in [2.45, 2.75) is 25.9 Å². The molecule has 0 saturated carbocycles. The number of esters is 1. The van der Waals surface area contributed by atoms with E-state index in [-0.39, 0.29) is 13.2 Å². The van der Waals surface area contributed by atoms with Crippen LogP contribution in [0, 0.1) is 0 Å². The van der Waals surface area contributed by atoms with Crippen LogP contribution in [-0.4, -0.2) is 37.0 Å². The molecule has 0 radical (unpaired) electrons. The first-order chi connectivity index (χ1) is 6.74. The van der Waals surface area contributed by atoms with Crippen molar-refractivity contribution in [3.63, 3.8) is 0 Å². The van der Waals surface area contributed by atoms with Crippen molar-refractivity contribution >= 4 is 5.97 Å². The number of ether oxygens (including phenoxy) is 2. The summed E-state index contributed by atoms with van der Waals surface area (Å²) in [4.78, 5) is 10.7. The molecule has 1 unspecified atom stereocenters. The summed E-state index contributed by atoms with van der Waals surface area (Å²) >= 11 is 0. The molecule has 1 N–H and O–H groups in total. The maximum absolute atomic E-state index is 10.7. The molecule has 4 nitrogen and oxygen atoms in total. The number of carbonyl (C=O) groups excluding carboxylic acids is 1. The van der Waals surface area contributed by atoms with E-state index in [4.69, 9.17) is 14.6 Å². The van der Waals surface area contributed by atoms with Gasteiger partial charge in [-0.05, 0) is 6.42 Å². The Labute approximate surface area is 84.5 Å². The fourth-order valence-electron chi connectivity index (χ4n) is 0.782. The molecule has 1 atom stereocenters. The quantitative estimate of drug-likeness (QED) is 0.361. The van der Waals surface area contributed by atoms with Crippen LogP contribution in [0.3, 0.4) is 0 Å². The maximum atomic E-state index is 10.7. The van der Waals surface area contributed by atoms with E-state index < -0.39 is 12.1 Å². The second kappa shape index (κ2) is 8.72. The highest BCUT2D eigenvalue weighted by Crippen LogP contribution is 1.96. The summed E-state index contributed by atoms with van der Waals surface area (Å²) in [6.45, 7) is 5.82. The molecule has 0 aromatic heterocycles. The van der Waals surface area contributed by atoms with Gasteiger partial charge in [0, 0.05) is 12.7 Å². The monoisotopic (exact) mass is 202 g/mol. The topological polar surface area (TPSA) is 55.8 Å². The molecule has 82 valence electrons. The summed E-state index contributed by atoms with van der Waals surface area (Å²) in [7, 11) is 0. The zero-order valence-corrected chi connectivity index (χ0v) is 8.57. The predicted octanol–water partition coefficient (Wildman–Crippen LogP) is 0.893. The van der Waals surface area contributed by atoms with Crippen LogP contribution in [0.5, 0.6) is 0 Å². The van der Waals surface area contributed by atoms with Gasteiger partial charge in [-0.2, -0.15) is 0 Å². The number of rotatable bonds is 8. The molecule has 0 fully saturated rings. The van der Waals surface area contributed by atoms with E-state index in [1.54, 1.807) is 0 Å². The molecule has 0 spiro atoms. The van der Waals surface area contributed by atoms with Gasteiger partial charge < -0.3 is 14.6 Å². The lowest BCUT2D eigenvalue weighted by atomic mass is 10.3. The van der Waals surface area contributed by atoms with E-state index in [9.17, 15) is 4.79 Å². The lowest BCUT2D eigenvalue weighted by Gasteiger charge is -2.14. The molecule has 0 rings (SSSR count). The number of hydrogen-bond donors (Lipinski definition) is 1. The first kappa shape index (κ1) is 13.1. The lowest BCUT2D eigenvalue weighted by Crippen LogP contribution is -2.25. The van der Waals surface area contributed by atoms with Gasteiger partial charge in [0.2, 0.25) is 0 Å². The second-order valence-electron chi connectivity index (χ2n) is 2.86. The van der Waals surface area contributed by atoms with E-state index in [2.05, 4.69) is 13.5 Å². The first-order valence-electron chi connectivity index (χ1n) is 4.76. The fourth-order valence-corrected chi connectivity index (χ4v) is 0.782. The summed E-state index contributed by atoms with van der Waals surface area (Å²) < 4.78 is 10.00. The number of hydrogen-bond acceptors (Lipinski definition) is 4. The molecule has 0 saturated heterocycles. The van der Waals surface area contributed by atoms with Crippen LogP contribution in [0.2, 0.25) is 0 Å². The molecule has 0 aliphatic carbocycles. The SMILES string of the molecule is C=CC(=O)OCC(CO)OCCCC. The average molecular weight is 202 g/mol. The Bertz CT molecular complexity index is 168. The second-order valence-corrected chi connectivity index (χ2v) is 2.86. The third-order valence-corrected chi connectivity index (χ3v) is 1.63. The minimum atomic E-state index is -0.498. The van der Waals surface area contributed by atoms with Crippen LogP contribution in [0.1, 0.15) is 19.8 Å². The van der Waals surface area contributed by atoms with Crippen molar-refractivity contribution < 1.29 is 19.4 Å². The van der Waals surface area contributed by atoms with Gasteiger partial charge in [-0.25, -0.2) is 4.79 Å². The van der Waals surface area contributed by atoms with Crippen LogP contribution < -0.4 is 0 Å². The van der Waals surface area contributed by atoms with E-state index in [0.717, 1.165) is 18.9 Å². The van der Waals surface area contributed by atoms with Gasteiger partial charge in [0.25, 0.3) is 0 Å². The van der Waals surface area contributed by atoms with Gasteiger partial charge in [0.1, 0.15) is 12.7 Å². The third-order valence-electron chi connectivity index (χ3n) is 1.63. The van der Waals surface area contributed by atoms with Crippen LogP contribution >= 0.6 is 0 Å². The predicted molar refractivity (Wildman–Crippen MR) is 52.9 cm³/mol. The summed E-state index contributed by atoms with van der Waals surface area (Å²) in [5.41, 5.74) is 0. The van der Waals surface area contributed by atoms with Crippen molar-refractivity contribution in [3.05, 3.63) is 12.7 Å². The first-order valence-corrected chi connectivity index (χ1v) is 4.76. The highest BCUT2D eigenvalue weighted by Gasteiger charge is 2.09. The Morgan fingerprint density at radius 3 is 2.86 bits per heavy atom. The minimum absolute atomic E-state index is 0.0745. The molecule has 0 amide bonds. The van der Waals surface area contributed by atoms with E-state index in [1.165, 1.54) is 0 Å². The highest BCUT2D eigenvalue weighted by molar-refractivity contribution is 5.81. The molecule has 0 aliphatic heterocycles. The van der Waals surface area contributed by atoms with Crippen molar-refractivity contribution in [1.29, 1.82) is 0 Å². The van der Waals surface area contributed by atoms with Gasteiger partial charge in [-0.15, -0.1) is 0 Å². The molecule has 0 aromatic carbocycles. The van der Waals surface area contributed by atoms with Gasteiger partial charge in [0.05, 0.1) is 6.61 Å². The Balaban J connectivity index is 3.57. The average Bonchev–Trinajstić information content (AvgIpc) is 2.22. The molecule has 0 bridgehead atoms. The number of carbonyl (C=O) groups is 1. The molecule has 14 heavy (non-hydrogen) atoms. The number of unbranched alkanes of at least 4 members (excludes halogenated alkanes) is 1. The Kier molecular flexibility index (Phi) is 8.17. The molecular formula is C10H18O4. The van der Waals surface area contributed by atoms with Crippen molar-refractivity contribution in [2.75, 3.05) is 19.8 Å². The van der Waals surface area contributed by atoms with Gasteiger partial charge >= 0.3 is 5.97 Å². The minimum Gasteiger partial charge on any atom is -0.460 e. The standard InChI is InChI=1S/C10H18O4/c1-3-5-6-13-9(7-11)8-14-10(12)4-2/h4,9,11H,2-3,5-8H2,1H3. The zero-order chi connectivity index (χ0) is 10.8. The van der Waals surface area contributed by atoms with Gasteiger partial charge in [-0.3, -0.25) is 0 Å². The third kappa shape index (κ3) is 6.62. The van der Waals surface area contributed by atoms with Crippen LogP contribution in [0.15, 0.2) is 12.7 Å². The van der Waals surface area contributed by atoms with Gasteiger partial charge in [0.15, 0.2) is 0 Å². The summed E-state index contributed by atoms with van der Waals surface area (Å²) in [5, 5.41) is 8.87. The van der Waals surface area contributed by atoms with E-state index in [0.29, 0.717) is 6.61 Å². The normalized spacial score (nSPS) is 12.1. The highest BCUT2D eigenvalue weighted by atomic mass is 16.6. The van der Waals surface area contributed by atoms with Crippen LogP contribution in [0.4, 0.5) is 0 Å². The van der Waals surface area contributed by atoms with Crippen LogP contribution in [0.25, 0.3) is 0 Å². The smallest absolute Gasteiger partial charge is 0.330 e. The van der Waals surface area contributed by atoms with Crippen molar-refractivity contribution in [2.24, 2.45) is 0 Å². The number of aliphatic hydroxyl groups excluding tert-OH is 1. The van der Waals surface area contributed by atoms with Crippen molar-refractivity contribution in [1.82, 2.24) is 0 Å². The summed E-state index contributed by atoms with van der Waals surface area (Å²) in [6, 6.07) is 0. The molecule has 0 aromatic rings. The Morgan fingerprint density at radius 2 is 2.36 bits per heavy atom. The molecule has 0 heterocycles. The number of aliphatic hydroxyl groups is 1. The van der Waals surface area contributed by atoms with Crippen molar-refractivity contribution in [3.8, 4) is 0 Å². The maximum Gasteiger partial charge on any atom is 0.330 e. The molecule has 4 heteroatoms. The lowest BCUT2D eigenvalue weighted by molar-refractivity contribution is -0.143. The van der Waals surface area contributed by atoms with Gasteiger partial charge in [-0.1, -0.05) is 19.9 Å². The molecular weight excluding hydrogens is 184 g/mol. The summed E-state index contributed by atoms with van der Waals surface area (Å²) in [5.74, 6) is -0.498. The Hall–Kier alpha value is -0.870. The molecule has 0 aliphatic rings. The Morgan fingerprint density at radius 1 is 1.64 bits per heavy atom. The zero-order valence-electron chi connectivity index (χ0n) is 8.57. The van der Waals surface area contributed by atoms with Crippen LogP contribution in [-0.2, 0) is 14.3 Å².